The summed E-state index contributed by atoms with van der Waals surface area (Å²) < 4.78 is 25.2. The molecule has 2 atom stereocenters. The standard InChI is InChI=1S/C16H22N2O4S/c1-12-9-17(10-14-7-5-4-6-8-14)15(13(2)16(19)20)11-18(12)23(3,21)22/h4-8,12,15H,2,9-11H2,1,3H3,(H,19,20)/t12-,15-/m1/s1. The van der Waals surface area contributed by atoms with Gasteiger partial charge in [-0.3, -0.25) is 4.90 Å². The first kappa shape index (κ1) is 17.7. The van der Waals surface area contributed by atoms with E-state index in [1.807, 2.05) is 42.2 Å². The molecule has 1 aliphatic heterocycles. The maximum absolute atomic E-state index is 11.9. The molecule has 1 fully saturated rings. The molecule has 0 aliphatic carbocycles. The van der Waals surface area contributed by atoms with Gasteiger partial charge >= 0.3 is 5.97 Å². The highest BCUT2D eigenvalue weighted by atomic mass is 32.2. The van der Waals surface area contributed by atoms with E-state index in [2.05, 4.69) is 6.58 Å². The van der Waals surface area contributed by atoms with Gasteiger partial charge in [0.25, 0.3) is 0 Å². The lowest BCUT2D eigenvalue weighted by Crippen LogP contribution is -2.59. The van der Waals surface area contributed by atoms with Gasteiger partial charge in [0.15, 0.2) is 0 Å². The highest BCUT2D eigenvalue weighted by Gasteiger charge is 2.38. The van der Waals surface area contributed by atoms with Crippen molar-refractivity contribution in [1.29, 1.82) is 0 Å². The van der Waals surface area contributed by atoms with Crippen LogP contribution in [0.2, 0.25) is 0 Å². The fourth-order valence-electron chi connectivity index (χ4n) is 2.95. The van der Waals surface area contributed by atoms with Gasteiger partial charge in [-0.05, 0) is 12.5 Å². The predicted molar refractivity (Wildman–Crippen MR) is 88.4 cm³/mol. The second-order valence-electron chi connectivity index (χ2n) is 5.94. The second kappa shape index (κ2) is 6.82. The van der Waals surface area contributed by atoms with Crippen molar-refractivity contribution in [3.05, 3.63) is 48.0 Å². The summed E-state index contributed by atoms with van der Waals surface area (Å²) in [5.74, 6) is -1.10. The van der Waals surface area contributed by atoms with Gasteiger partial charge in [-0.15, -0.1) is 0 Å². The number of carboxylic acid groups (broad SMARTS) is 1. The molecule has 126 valence electrons. The Morgan fingerprint density at radius 3 is 2.43 bits per heavy atom. The van der Waals surface area contributed by atoms with Crippen LogP contribution in [-0.2, 0) is 21.4 Å². The van der Waals surface area contributed by atoms with Gasteiger partial charge in [-0.1, -0.05) is 36.9 Å². The summed E-state index contributed by atoms with van der Waals surface area (Å²) >= 11 is 0. The molecular formula is C16H22N2O4S. The first-order chi connectivity index (χ1) is 10.7. The number of hydrogen-bond donors (Lipinski definition) is 1. The Morgan fingerprint density at radius 1 is 1.30 bits per heavy atom. The van der Waals surface area contributed by atoms with Crippen molar-refractivity contribution in [2.75, 3.05) is 19.3 Å². The molecule has 0 unspecified atom stereocenters. The molecule has 0 amide bonds. The van der Waals surface area contributed by atoms with Crippen LogP contribution >= 0.6 is 0 Å². The monoisotopic (exact) mass is 338 g/mol. The lowest BCUT2D eigenvalue weighted by atomic mass is 10.0. The first-order valence-corrected chi connectivity index (χ1v) is 9.22. The lowest BCUT2D eigenvalue weighted by molar-refractivity contribution is -0.133. The Kier molecular flexibility index (Phi) is 5.23. The fraction of sp³-hybridized carbons (Fsp3) is 0.438. The van der Waals surface area contributed by atoms with Crippen molar-refractivity contribution in [3.8, 4) is 0 Å². The molecule has 0 spiro atoms. The van der Waals surface area contributed by atoms with E-state index in [-0.39, 0.29) is 18.2 Å². The van der Waals surface area contributed by atoms with E-state index in [4.69, 9.17) is 0 Å². The lowest BCUT2D eigenvalue weighted by Gasteiger charge is -2.44. The number of aliphatic carboxylic acids is 1. The number of carbonyl (C=O) groups is 1. The topological polar surface area (TPSA) is 77.9 Å². The minimum absolute atomic E-state index is 0.0153. The largest absolute Gasteiger partial charge is 0.478 e. The molecule has 23 heavy (non-hydrogen) atoms. The van der Waals surface area contributed by atoms with Gasteiger partial charge in [0, 0.05) is 31.2 Å². The zero-order chi connectivity index (χ0) is 17.2. The van der Waals surface area contributed by atoms with Gasteiger partial charge < -0.3 is 5.11 Å². The average Bonchev–Trinajstić information content (AvgIpc) is 2.46. The number of piperazine rings is 1. The molecular weight excluding hydrogens is 316 g/mol. The molecule has 7 heteroatoms. The molecule has 1 N–H and O–H groups in total. The van der Waals surface area contributed by atoms with Crippen LogP contribution in [0.25, 0.3) is 0 Å². The molecule has 1 heterocycles. The zero-order valence-corrected chi connectivity index (χ0v) is 14.2. The summed E-state index contributed by atoms with van der Waals surface area (Å²) in [5.41, 5.74) is 1.07. The van der Waals surface area contributed by atoms with E-state index in [0.29, 0.717) is 13.1 Å². The zero-order valence-electron chi connectivity index (χ0n) is 13.3. The third-order valence-electron chi connectivity index (χ3n) is 4.12. The minimum Gasteiger partial charge on any atom is -0.478 e. The van der Waals surface area contributed by atoms with E-state index in [1.54, 1.807) is 0 Å². The molecule has 1 aromatic carbocycles. The Balaban J connectivity index is 2.28. The summed E-state index contributed by atoms with van der Waals surface area (Å²) in [7, 11) is -3.39. The van der Waals surface area contributed by atoms with Crippen LogP contribution in [0, 0.1) is 0 Å². The van der Waals surface area contributed by atoms with Crippen molar-refractivity contribution in [2.45, 2.75) is 25.6 Å². The smallest absolute Gasteiger partial charge is 0.332 e. The molecule has 0 radical (unpaired) electrons. The van der Waals surface area contributed by atoms with Crippen LogP contribution in [0.1, 0.15) is 12.5 Å². The van der Waals surface area contributed by atoms with E-state index < -0.39 is 22.0 Å². The Bertz CT molecular complexity index is 687. The predicted octanol–water partition coefficient (Wildman–Crippen LogP) is 1.16. The maximum atomic E-state index is 11.9. The summed E-state index contributed by atoms with van der Waals surface area (Å²) in [4.78, 5) is 13.3. The Morgan fingerprint density at radius 2 is 1.91 bits per heavy atom. The highest BCUT2D eigenvalue weighted by Crippen LogP contribution is 2.24. The average molecular weight is 338 g/mol. The van der Waals surface area contributed by atoms with E-state index >= 15 is 0 Å². The number of sulfonamides is 1. The summed E-state index contributed by atoms with van der Waals surface area (Å²) in [6.45, 7) is 6.60. The van der Waals surface area contributed by atoms with Crippen LogP contribution in [-0.4, -0.2) is 60.1 Å². The Hall–Kier alpha value is -1.70. The minimum atomic E-state index is -3.39. The van der Waals surface area contributed by atoms with Gasteiger partial charge in [0.1, 0.15) is 0 Å². The molecule has 0 bridgehead atoms. The van der Waals surface area contributed by atoms with Crippen molar-refractivity contribution in [2.24, 2.45) is 0 Å². The molecule has 0 saturated carbocycles. The Labute approximate surface area is 137 Å². The van der Waals surface area contributed by atoms with Crippen LogP contribution in [0.3, 0.4) is 0 Å². The molecule has 1 aliphatic rings. The molecule has 0 aromatic heterocycles. The van der Waals surface area contributed by atoms with Crippen molar-refractivity contribution < 1.29 is 18.3 Å². The second-order valence-corrected chi connectivity index (χ2v) is 7.88. The number of hydrogen-bond acceptors (Lipinski definition) is 4. The summed E-state index contributed by atoms with van der Waals surface area (Å²) in [6, 6.07) is 8.94. The van der Waals surface area contributed by atoms with Crippen molar-refractivity contribution in [3.63, 3.8) is 0 Å². The SMILES string of the molecule is C=C(C(=O)O)[C@H]1CN(S(C)(=O)=O)[C@H](C)CN1Cc1ccccc1. The van der Waals surface area contributed by atoms with Crippen molar-refractivity contribution >= 4 is 16.0 Å². The van der Waals surface area contributed by atoms with Gasteiger partial charge in [-0.2, -0.15) is 4.31 Å². The molecule has 1 saturated heterocycles. The van der Waals surface area contributed by atoms with Gasteiger partial charge in [0.2, 0.25) is 10.0 Å². The van der Waals surface area contributed by atoms with Crippen molar-refractivity contribution in [1.82, 2.24) is 9.21 Å². The molecule has 2 rings (SSSR count). The third kappa shape index (κ3) is 4.19. The molecule has 6 nitrogen and oxygen atoms in total. The quantitative estimate of drug-likeness (QED) is 0.815. The number of rotatable bonds is 5. The summed E-state index contributed by atoms with van der Waals surface area (Å²) in [5, 5.41) is 9.28. The van der Waals surface area contributed by atoms with Crippen LogP contribution in [0.5, 0.6) is 0 Å². The third-order valence-corrected chi connectivity index (χ3v) is 5.48. The van der Waals surface area contributed by atoms with Gasteiger partial charge in [-0.25, -0.2) is 13.2 Å². The van der Waals surface area contributed by atoms with E-state index in [9.17, 15) is 18.3 Å². The normalized spacial score (nSPS) is 23.6. The van der Waals surface area contributed by atoms with Crippen LogP contribution in [0.15, 0.2) is 42.5 Å². The summed E-state index contributed by atoms with van der Waals surface area (Å²) in [6.07, 6.45) is 1.15. The number of benzene rings is 1. The maximum Gasteiger partial charge on any atom is 0.332 e. The number of nitrogens with zero attached hydrogens (tertiary/aromatic N) is 2. The highest BCUT2D eigenvalue weighted by molar-refractivity contribution is 7.88. The first-order valence-electron chi connectivity index (χ1n) is 7.37. The number of carboxylic acids is 1. The van der Waals surface area contributed by atoms with Gasteiger partial charge in [0.05, 0.1) is 12.3 Å². The van der Waals surface area contributed by atoms with E-state index in [1.165, 1.54) is 4.31 Å². The van der Waals surface area contributed by atoms with E-state index in [0.717, 1.165) is 11.8 Å². The van der Waals surface area contributed by atoms with Crippen LogP contribution in [0.4, 0.5) is 0 Å². The van der Waals surface area contributed by atoms with Crippen LogP contribution < -0.4 is 0 Å². The fourth-order valence-corrected chi connectivity index (χ4v) is 4.08. The molecule has 1 aromatic rings.